The number of halogens is 2. The number of carbonyl (C=O) groups is 1. The third kappa shape index (κ3) is 4.25. The zero-order valence-corrected chi connectivity index (χ0v) is 8.93. The summed E-state index contributed by atoms with van der Waals surface area (Å²) in [4.78, 5) is 10.8. The molecule has 3 nitrogen and oxygen atoms in total. The lowest BCUT2D eigenvalue weighted by Crippen LogP contribution is -2.27. The fourth-order valence-corrected chi connectivity index (χ4v) is 1.10. The van der Waals surface area contributed by atoms with Gasteiger partial charge in [0.05, 0.1) is 6.54 Å². The molecule has 1 aromatic rings. The van der Waals surface area contributed by atoms with Crippen molar-refractivity contribution < 1.29 is 18.3 Å². The molecule has 0 atom stereocenters. The van der Waals surface area contributed by atoms with Crippen molar-refractivity contribution in [1.29, 1.82) is 0 Å². The topological polar surface area (TPSA) is 38.3 Å². The van der Waals surface area contributed by atoms with Gasteiger partial charge in [-0.3, -0.25) is 4.79 Å². The van der Waals surface area contributed by atoms with E-state index in [-0.39, 0.29) is 18.3 Å². The maximum absolute atomic E-state index is 12.7. The molecule has 1 N–H and O–H groups in total. The van der Waals surface area contributed by atoms with E-state index in [1.807, 2.05) is 0 Å². The number of benzene rings is 1. The molecule has 5 heteroatoms. The molecular weight excluding hydrogens is 216 g/mol. The van der Waals surface area contributed by atoms with Crippen molar-refractivity contribution in [1.82, 2.24) is 5.32 Å². The molecule has 0 aliphatic heterocycles. The van der Waals surface area contributed by atoms with Gasteiger partial charge in [-0.1, -0.05) is 6.92 Å². The molecule has 88 valence electrons. The molecule has 0 aliphatic rings. The van der Waals surface area contributed by atoms with Gasteiger partial charge in [0.2, 0.25) is 5.91 Å². The van der Waals surface area contributed by atoms with E-state index in [0.717, 1.165) is 18.2 Å². The van der Waals surface area contributed by atoms with E-state index in [2.05, 4.69) is 5.32 Å². The Morgan fingerprint density at radius 3 is 2.50 bits per heavy atom. The van der Waals surface area contributed by atoms with Crippen molar-refractivity contribution in [3.63, 3.8) is 0 Å². The van der Waals surface area contributed by atoms with Gasteiger partial charge in [-0.05, 0) is 0 Å². The Morgan fingerprint density at radius 1 is 1.31 bits per heavy atom. The summed E-state index contributed by atoms with van der Waals surface area (Å²) in [5, 5.41) is 2.58. The highest BCUT2D eigenvalue weighted by atomic mass is 19.1. The molecule has 1 aromatic carbocycles. The minimum atomic E-state index is -0.687. The second kappa shape index (κ2) is 6.05. The van der Waals surface area contributed by atoms with Crippen LogP contribution in [0.4, 0.5) is 8.78 Å². The highest BCUT2D eigenvalue weighted by Gasteiger charge is 2.01. The van der Waals surface area contributed by atoms with Crippen molar-refractivity contribution in [2.24, 2.45) is 0 Å². The van der Waals surface area contributed by atoms with Gasteiger partial charge < -0.3 is 10.1 Å². The number of carbonyl (C=O) groups excluding carboxylic acids is 1. The van der Waals surface area contributed by atoms with Crippen LogP contribution in [0, 0.1) is 11.6 Å². The van der Waals surface area contributed by atoms with E-state index >= 15 is 0 Å². The third-order valence-corrected chi connectivity index (χ3v) is 1.85. The molecule has 0 heterocycles. The Kier molecular flexibility index (Phi) is 4.69. The van der Waals surface area contributed by atoms with E-state index in [4.69, 9.17) is 4.74 Å². The summed E-state index contributed by atoms with van der Waals surface area (Å²) in [5.41, 5.74) is 0. The molecule has 1 amide bonds. The number of hydrogen-bond acceptors (Lipinski definition) is 2. The van der Waals surface area contributed by atoms with Gasteiger partial charge in [0.1, 0.15) is 24.0 Å². The van der Waals surface area contributed by atoms with Crippen LogP contribution in [-0.4, -0.2) is 19.1 Å². The van der Waals surface area contributed by atoms with Gasteiger partial charge in [-0.15, -0.1) is 0 Å². The second-order valence-corrected chi connectivity index (χ2v) is 3.16. The molecule has 0 bridgehead atoms. The molecule has 0 saturated heterocycles. The molecule has 0 fully saturated rings. The Labute approximate surface area is 92.4 Å². The second-order valence-electron chi connectivity index (χ2n) is 3.16. The van der Waals surface area contributed by atoms with Crippen molar-refractivity contribution >= 4 is 5.91 Å². The first-order chi connectivity index (χ1) is 7.61. The number of rotatable bonds is 5. The van der Waals surface area contributed by atoms with Crippen LogP contribution in [0.2, 0.25) is 0 Å². The van der Waals surface area contributed by atoms with Gasteiger partial charge in [-0.25, -0.2) is 8.78 Å². The minimum absolute atomic E-state index is 0.0889. The standard InChI is InChI=1S/C11H13F2NO2/c1-2-11(15)14-3-4-16-10-6-8(12)5-9(13)7-10/h5-7H,2-4H2,1H3,(H,14,15). The first-order valence-corrected chi connectivity index (χ1v) is 4.97. The summed E-state index contributed by atoms with van der Waals surface area (Å²) in [6, 6.07) is 2.95. The normalized spacial score (nSPS) is 9.94. The molecule has 0 saturated carbocycles. The fraction of sp³-hybridized carbons (Fsp3) is 0.364. The Morgan fingerprint density at radius 2 is 1.94 bits per heavy atom. The zero-order chi connectivity index (χ0) is 12.0. The summed E-state index contributed by atoms with van der Waals surface area (Å²) >= 11 is 0. The van der Waals surface area contributed by atoms with Crippen LogP contribution >= 0.6 is 0 Å². The molecule has 0 aromatic heterocycles. The molecule has 0 radical (unpaired) electrons. The zero-order valence-electron chi connectivity index (χ0n) is 8.93. The van der Waals surface area contributed by atoms with Crippen molar-refractivity contribution in [2.75, 3.05) is 13.2 Å². The van der Waals surface area contributed by atoms with Crippen LogP contribution in [0.25, 0.3) is 0 Å². The monoisotopic (exact) mass is 229 g/mol. The number of amides is 1. The predicted octanol–water partition coefficient (Wildman–Crippen LogP) is 1.87. The lowest BCUT2D eigenvalue weighted by molar-refractivity contribution is -0.120. The average molecular weight is 229 g/mol. The summed E-state index contributed by atoms with van der Waals surface area (Å²) in [6.07, 6.45) is 0.397. The smallest absolute Gasteiger partial charge is 0.219 e. The minimum Gasteiger partial charge on any atom is -0.492 e. The van der Waals surface area contributed by atoms with Gasteiger partial charge in [0.25, 0.3) is 0 Å². The van der Waals surface area contributed by atoms with Crippen LogP contribution in [0.15, 0.2) is 18.2 Å². The predicted molar refractivity (Wildman–Crippen MR) is 55.2 cm³/mol. The van der Waals surface area contributed by atoms with E-state index in [1.54, 1.807) is 6.92 Å². The average Bonchev–Trinajstić information content (AvgIpc) is 2.22. The maximum atomic E-state index is 12.7. The number of hydrogen-bond donors (Lipinski definition) is 1. The first-order valence-electron chi connectivity index (χ1n) is 4.97. The van der Waals surface area contributed by atoms with Crippen molar-refractivity contribution in [3.05, 3.63) is 29.8 Å². The van der Waals surface area contributed by atoms with Gasteiger partial charge >= 0.3 is 0 Å². The molecule has 0 spiro atoms. The van der Waals surface area contributed by atoms with Crippen molar-refractivity contribution in [2.45, 2.75) is 13.3 Å². The van der Waals surface area contributed by atoms with Crippen LogP contribution in [-0.2, 0) is 4.79 Å². The quantitative estimate of drug-likeness (QED) is 0.783. The highest BCUT2D eigenvalue weighted by Crippen LogP contribution is 2.14. The third-order valence-electron chi connectivity index (χ3n) is 1.85. The highest BCUT2D eigenvalue weighted by molar-refractivity contribution is 5.75. The van der Waals surface area contributed by atoms with Gasteiger partial charge in [0.15, 0.2) is 0 Å². The fourth-order valence-electron chi connectivity index (χ4n) is 1.10. The molecule has 1 rings (SSSR count). The van der Waals surface area contributed by atoms with Crippen LogP contribution < -0.4 is 10.1 Å². The van der Waals surface area contributed by atoms with Gasteiger partial charge in [-0.2, -0.15) is 0 Å². The molecule has 16 heavy (non-hydrogen) atoms. The van der Waals surface area contributed by atoms with E-state index in [0.29, 0.717) is 13.0 Å². The van der Waals surface area contributed by atoms with Crippen LogP contribution in [0.1, 0.15) is 13.3 Å². The molecule has 0 aliphatic carbocycles. The Hall–Kier alpha value is -1.65. The lowest BCUT2D eigenvalue weighted by atomic mass is 10.3. The lowest BCUT2D eigenvalue weighted by Gasteiger charge is -2.07. The molecule has 0 unspecified atom stereocenters. The van der Waals surface area contributed by atoms with E-state index in [9.17, 15) is 13.6 Å². The summed E-state index contributed by atoms with van der Waals surface area (Å²) in [7, 11) is 0. The largest absolute Gasteiger partial charge is 0.492 e. The van der Waals surface area contributed by atoms with Gasteiger partial charge in [0, 0.05) is 24.6 Å². The SMILES string of the molecule is CCC(=O)NCCOc1cc(F)cc(F)c1. The van der Waals surface area contributed by atoms with Crippen LogP contribution in [0.5, 0.6) is 5.75 Å². The summed E-state index contributed by atoms with van der Waals surface area (Å²) < 4.78 is 30.5. The Balaban J connectivity index is 2.34. The van der Waals surface area contributed by atoms with E-state index < -0.39 is 11.6 Å². The summed E-state index contributed by atoms with van der Waals surface area (Å²) in [5.74, 6) is -1.35. The van der Waals surface area contributed by atoms with Crippen molar-refractivity contribution in [3.8, 4) is 5.75 Å². The molecular formula is C11H13F2NO2. The number of ether oxygens (including phenoxy) is 1. The first kappa shape index (κ1) is 12.4. The maximum Gasteiger partial charge on any atom is 0.219 e. The number of nitrogens with one attached hydrogen (secondary N) is 1. The summed E-state index contributed by atoms with van der Waals surface area (Å²) in [6.45, 7) is 2.22. The van der Waals surface area contributed by atoms with Crippen LogP contribution in [0.3, 0.4) is 0 Å². The van der Waals surface area contributed by atoms with E-state index in [1.165, 1.54) is 0 Å². The Bertz CT molecular complexity index is 349.